The Labute approximate surface area is 239 Å². The summed E-state index contributed by atoms with van der Waals surface area (Å²) in [6.07, 6.45) is -1.41. The van der Waals surface area contributed by atoms with Gasteiger partial charge in [0.1, 0.15) is 28.7 Å². The summed E-state index contributed by atoms with van der Waals surface area (Å²) in [7, 11) is 6.35. The van der Waals surface area contributed by atoms with Crippen molar-refractivity contribution in [3.63, 3.8) is 0 Å². The molecule has 3 aromatic rings. The molecule has 10 heteroatoms. The molecule has 0 fully saturated rings. The lowest BCUT2D eigenvalue weighted by Gasteiger charge is -2.28. The van der Waals surface area contributed by atoms with Crippen LogP contribution in [0.15, 0.2) is 42.5 Å². The molecule has 0 aliphatic rings. The van der Waals surface area contributed by atoms with Crippen molar-refractivity contribution in [1.29, 1.82) is 0 Å². The van der Waals surface area contributed by atoms with E-state index in [0.717, 1.165) is 16.3 Å². The number of ether oxygens (including phenoxy) is 6. The van der Waals surface area contributed by atoms with Crippen LogP contribution in [-0.2, 0) is 14.2 Å². The highest BCUT2D eigenvalue weighted by Crippen LogP contribution is 2.49. The Morgan fingerprint density at radius 3 is 1.78 bits per heavy atom. The number of alkyl carbamates (subject to hydrolysis) is 1. The van der Waals surface area contributed by atoms with Crippen LogP contribution >= 0.6 is 0 Å². The van der Waals surface area contributed by atoms with E-state index >= 15 is 0 Å². The van der Waals surface area contributed by atoms with E-state index in [1.165, 1.54) is 35.5 Å². The van der Waals surface area contributed by atoms with Crippen LogP contribution in [0.1, 0.15) is 71.2 Å². The highest BCUT2D eigenvalue weighted by Gasteiger charge is 2.38. The lowest BCUT2D eigenvalue weighted by atomic mass is 9.92. The first-order valence-corrected chi connectivity index (χ1v) is 13.1. The third-order valence-electron chi connectivity index (χ3n) is 6.67. The average molecular weight is 568 g/mol. The van der Waals surface area contributed by atoms with Gasteiger partial charge in [-0.1, -0.05) is 56.3 Å². The van der Waals surface area contributed by atoms with E-state index in [-0.39, 0.29) is 39.9 Å². The summed E-state index contributed by atoms with van der Waals surface area (Å²) in [5.41, 5.74) is 0.741. The van der Waals surface area contributed by atoms with Crippen molar-refractivity contribution in [3.05, 3.63) is 64.7 Å². The molecule has 220 valence electrons. The predicted molar refractivity (Wildman–Crippen MR) is 153 cm³/mol. The number of hydrogen-bond acceptors (Lipinski definition) is 9. The maximum atomic E-state index is 13.4. The van der Waals surface area contributed by atoms with Gasteiger partial charge in [0, 0.05) is 0 Å². The highest BCUT2D eigenvalue weighted by molar-refractivity contribution is 6.05. The van der Waals surface area contributed by atoms with E-state index in [9.17, 15) is 14.4 Å². The lowest BCUT2D eigenvalue weighted by Crippen LogP contribution is -2.30. The van der Waals surface area contributed by atoms with Crippen molar-refractivity contribution in [2.75, 3.05) is 35.5 Å². The summed E-state index contributed by atoms with van der Waals surface area (Å²) in [5, 5.41) is 4.96. The van der Waals surface area contributed by atoms with Gasteiger partial charge in [0.05, 0.1) is 47.2 Å². The van der Waals surface area contributed by atoms with Gasteiger partial charge >= 0.3 is 18.0 Å². The topological polar surface area (TPSA) is 119 Å². The van der Waals surface area contributed by atoms with Gasteiger partial charge in [0.25, 0.3) is 0 Å². The van der Waals surface area contributed by atoms with Gasteiger partial charge in [-0.2, -0.15) is 0 Å². The van der Waals surface area contributed by atoms with Gasteiger partial charge < -0.3 is 33.7 Å². The largest absolute Gasteiger partial charge is 0.495 e. The molecule has 0 spiro atoms. The molecule has 2 atom stereocenters. The van der Waals surface area contributed by atoms with E-state index in [1.807, 2.05) is 63.2 Å². The predicted octanol–water partition coefficient (Wildman–Crippen LogP) is 6.01. The third-order valence-corrected chi connectivity index (χ3v) is 6.67. The van der Waals surface area contributed by atoms with Crippen molar-refractivity contribution in [2.45, 2.75) is 39.3 Å². The van der Waals surface area contributed by atoms with E-state index in [2.05, 4.69) is 5.32 Å². The molecule has 1 N–H and O–H groups in total. The average Bonchev–Trinajstić information content (AvgIpc) is 2.97. The Kier molecular flexibility index (Phi) is 10.4. The first-order valence-electron chi connectivity index (χ1n) is 13.1. The molecular weight excluding hydrogens is 530 g/mol. The number of carbonyl (C=O) groups excluding carboxylic acids is 3. The number of nitrogens with one attached hydrogen (secondary N) is 1. The fraction of sp³-hybridized carbons (Fsp3) is 0.387. The Hall–Kier alpha value is -4.47. The first-order chi connectivity index (χ1) is 19.6. The molecule has 0 bridgehead atoms. The number of fused-ring (bicyclic) bond motifs is 1. The maximum absolute atomic E-state index is 13.4. The molecule has 3 rings (SSSR count). The summed E-state index contributed by atoms with van der Waals surface area (Å²) in [6.45, 7) is 5.75. The smallest absolute Gasteiger partial charge is 0.408 e. The van der Waals surface area contributed by atoms with Gasteiger partial charge in [0.2, 0.25) is 0 Å². The van der Waals surface area contributed by atoms with Crippen LogP contribution in [0.25, 0.3) is 10.8 Å². The maximum Gasteiger partial charge on any atom is 0.408 e. The summed E-state index contributed by atoms with van der Waals surface area (Å²) < 4.78 is 32.8. The number of carbonyl (C=O) groups is 3. The van der Waals surface area contributed by atoms with Gasteiger partial charge in [-0.05, 0) is 35.6 Å². The standard InChI is InChI=1S/C31H37NO9/c1-17(2)16-22(41-31(35)32-18(3)20-15-11-13-19-12-9-10-14-21(19)20)23-26(36-4)24(29(33)39-7)28(38-6)25(27(23)37-5)30(34)40-8/h9-15,17-18,22H,16H2,1-8H3,(H,32,35)/t18-,22+/m1/s1. The van der Waals surface area contributed by atoms with Gasteiger partial charge in [-0.3, -0.25) is 0 Å². The van der Waals surface area contributed by atoms with Gasteiger partial charge in [-0.15, -0.1) is 0 Å². The molecule has 0 aromatic heterocycles. The van der Waals surface area contributed by atoms with Crippen LogP contribution in [0, 0.1) is 5.92 Å². The molecule has 0 saturated carbocycles. The number of hydrogen-bond donors (Lipinski definition) is 1. The molecule has 0 unspecified atom stereocenters. The molecule has 0 aliphatic carbocycles. The van der Waals surface area contributed by atoms with Gasteiger partial charge in [-0.25, -0.2) is 14.4 Å². The molecular formula is C31H37NO9. The van der Waals surface area contributed by atoms with E-state index in [4.69, 9.17) is 28.4 Å². The lowest BCUT2D eigenvalue weighted by molar-refractivity contribution is 0.0582. The van der Waals surface area contributed by atoms with Crippen LogP contribution in [0.4, 0.5) is 4.79 Å². The molecule has 0 aliphatic heterocycles. The molecule has 1 amide bonds. The molecule has 10 nitrogen and oxygen atoms in total. The second-order valence-corrected chi connectivity index (χ2v) is 9.70. The summed E-state index contributed by atoms with van der Waals surface area (Å²) >= 11 is 0. The fourth-order valence-corrected chi connectivity index (χ4v) is 4.90. The Balaban J connectivity index is 2.14. The van der Waals surface area contributed by atoms with E-state index in [0.29, 0.717) is 6.42 Å². The zero-order valence-electron chi connectivity index (χ0n) is 24.7. The zero-order chi connectivity index (χ0) is 30.3. The number of benzene rings is 3. The minimum atomic E-state index is -1.00. The second-order valence-electron chi connectivity index (χ2n) is 9.70. The summed E-state index contributed by atoms with van der Waals surface area (Å²) in [4.78, 5) is 39.3. The van der Waals surface area contributed by atoms with Crippen LogP contribution in [0.5, 0.6) is 17.2 Å². The summed E-state index contributed by atoms with van der Waals surface area (Å²) in [5.74, 6) is -1.82. The van der Waals surface area contributed by atoms with Crippen molar-refractivity contribution in [2.24, 2.45) is 5.92 Å². The molecule has 41 heavy (non-hydrogen) atoms. The Morgan fingerprint density at radius 2 is 1.27 bits per heavy atom. The minimum absolute atomic E-state index is 0.0150. The first kappa shape index (κ1) is 31.1. The SMILES string of the molecule is COC(=O)c1c(OC)c(C(=O)OC)c(OC)c([C@H](CC(C)C)OC(=O)N[C@H](C)c2cccc3ccccc23)c1OC. The zero-order valence-corrected chi connectivity index (χ0v) is 24.7. The Morgan fingerprint density at radius 1 is 0.732 bits per heavy atom. The number of rotatable bonds is 11. The van der Waals surface area contributed by atoms with Crippen molar-refractivity contribution in [1.82, 2.24) is 5.32 Å². The van der Waals surface area contributed by atoms with Crippen molar-refractivity contribution >= 4 is 28.8 Å². The number of methoxy groups -OCH3 is 5. The van der Waals surface area contributed by atoms with E-state index < -0.39 is 30.2 Å². The number of esters is 2. The fourth-order valence-electron chi connectivity index (χ4n) is 4.90. The van der Waals surface area contributed by atoms with E-state index in [1.54, 1.807) is 0 Å². The second kappa shape index (κ2) is 13.7. The molecule has 0 heterocycles. The molecule has 3 aromatic carbocycles. The monoisotopic (exact) mass is 567 g/mol. The van der Waals surface area contributed by atoms with Crippen LogP contribution in [-0.4, -0.2) is 53.6 Å². The van der Waals surface area contributed by atoms with Crippen LogP contribution in [0.2, 0.25) is 0 Å². The van der Waals surface area contributed by atoms with Crippen molar-refractivity contribution < 1.29 is 42.8 Å². The third kappa shape index (κ3) is 6.48. The molecule has 0 saturated heterocycles. The molecule has 0 radical (unpaired) electrons. The van der Waals surface area contributed by atoms with Crippen LogP contribution in [0.3, 0.4) is 0 Å². The normalized spacial score (nSPS) is 12.3. The Bertz CT molecular complexity index is 1370. The highest BCUT2D eigenvalue weighted by atomic mass is 16.6. The number of amides is 1. The van der Waals surface area contributed by atoms with Crippen LogP contribution < -0.4 is 19.5 Å². The minimum Gasteiger partial charge on any atom is -0.495 e. The van der Waals surface area contributed by atoms with Crippen molar-refractivity contribution in [3.8, 4) is 17.2 Å². The quantitative estimate of drug-likeness (QED) is 0.219. The van der Waals surface area contributed by atoms with Gasteiger partial charge in [0.15, 0.2) is 5.75 Å². The summed E-state index contributed by atoms with van der Waals surface area (Å²) in [6, 6.07) is 13.4.